The van der Waals surface area contributed by atoms with E-state index in [0.717, 1.165) is 0 Å². The first kappa shape index (κ1) is 18.0. The molecule has 2 aromatic rings. The van der Waals surface area contributed by atoms with E-state index in [4.69, 9.17) is 11.6 Å². The van der Waals surface area contributed by atoms with Gasteiger partial charge in [0.05, 0.1) is 17.1 Å². The molecule has 1 saturated heterocycles. The van der Waals surface area contributed by atoms with Gasteiger partial charge in [-0.25, -0.2) is 16.8 Å². The number of halogens is 1. The molecule has 1 aliphatic rings. The first-order valence-corrected chi connectivity index (χ1v) is 10.9. The lowest BCUT2D eigenvalue weighted by Gasteiger charge is -2.17. The lowest BCUT2D eigenvalue weighted by atomic mass is 10.3. The van der Waals surface area contributed by atoms with Crippen LogP contribution in [0.15, 0.2) is 29.2 Å². The van der Waals surface area contributed by atoms with Crippen molar-refractivity contribution < 1.29 is 16.8 Å². The fourth-order valence-electron chi connectivity index (χ4n) is 2.75. The van der Waals surface area contributed by atoms with Crippen LogP contribution in [0.1, 0.15) is 12.1 Å². The number of nitrogens with zero attached hydrogens (tertiary/aromatic N) is 3. The Morgan fingerprint density at radius 3 is 2.36 bits per heavy atom. The number of hydrogen-bond acceptors (Lipinski definition) is 5. The molecule has 1 N–H and O–H groups in total. The minimum atomic E-state index is -3.91. The monoisotopic (exact) mass is 404 g/mol. The van der Waals surface area contributed by atoms with Crippen LogP contribution in [0.4, 0.5) is 11.4 Å². The summed E-state index contributed by atoms with van der Waals surface area (Å²) in [6.07, 6.45) is 0.579. The van der Waals surface area contributed by atoms with Crippen molar-refractivity contribution in [3.63, 3.8) is 0 Å². The van der Waals surface area contributed by atoms with Crippen molar-refractivity contribution in [3.05, 3.63) is 35.1 Å². The largest absolute Gasteiger partial charge is 0.279 e. The molecule has 11 heteroatoms. The van der Waals surface area contributed by atoms with Crippen molar-refractivity contribution in [2.45, 2.75) is 18.2 Å². The van der Waals surface area contributed by atoms with Gasteiger partial charge < -0.3 is 0 Å². The molecule has 1 aromatic carbocycles. The predicted molar refractivity (Wildman–Crippen MR) is 96.0 cm³/mol. The van der Waals surface area contributed by atoms with Crippen LogP contribution >= 0.6 is 11.6 Å². The first-order chi connectivity index (χ1) is 11.6. The van der Waals surface area contributed by atoms with E-state index in [2.05, 4.69) is 9.82 Å². The number of aryl methyl sites for hydroxylation is 2. The molecule has 2 heterocycles. The molecule has 1 fully saturated rings. The second-order valence-electron chi connectivity index (χ2n) is 5.72. The van der Waals surface area contributed by atoms with Crippen LogP contribution < -0.4 is 9.03 Å². The summed E-state index contributed by atoms with van der Waals surface area (Å²) < 4.78 is 54.0. The van der Waals surface area contributed by atoms with Crippen LogP contribution in [0.3, 0.4) is 0 Å². The van der Waals surface area contributed by atoms with Crippen LogP contribution in [0, 0.1) is 6.92 Å². The second kappa shape index (κ2) is 6.19. The van der Waals surface area contributed by atoms with E-state index in [1.165, 1.54) is 21.1 Å². The maximum absolute atomic E-state index is 12.5. The quantitative estimate of drug-likeness (QED) is 0.836. The summed E-state index contributed by atoms with van der Waals surface area (Å²) in [5.74, 6) is 0.125. The van der Waals surface area contributed by atoms with E-state index < -0.39 is 20.0 Å². The number of rotatable bonds is 4. The highest BCUT2D eigenvalue weighted by Crippen LogP contribution is 2.28. The van der Waals surface area contributed by atoms with Crippen molar-refractivity contribution in [3.8, 4) is 0 Å². The zero-order chi connectivity index (χ0) is 18.4. The molecular formula is C14H17ClN4O4S2. The average Bonchev–Trinajstić information content (AvgIpc) is 2.98. The van der Waals surface area contributed by atoms with Crippen LogP contribution in [-0.4, -0.2) is 38.9 Å². The van der Waals surface area contributed by atoms with E-state index in [0.29, 0.717) is 30.0 Å². The molecular weight excluding hydrogens is 388 g/mol. The van der Waals surface area contributed by atoms with Crippen LogP contribution in [-0.2, 0) is 27.1 Å². The maximum atomic E-state index is 12.5. The van der Waals surface area contributed by atoms with E-state index in [-0.39, 0.29) is 15.8 Å². The molecule has 0 unspecified atom stereocenters. The Morgan fingerprint density at radius 2 is 1.88 bits per heavy atom. The standard InChI is InChI=1S/C14H17ClN4O4S2/c1-10-13(14(15)18(2)16-10)25(22,23)17-11-4-6-12(7-5-11)19-8-3-9-24(19,20)21/h4-7,17H,3,8-9H2,1-2H3. The summed E-state index contributed by atoms with van der Waals surface area (Å²) in [4.78, 5) is -0.0807. The highest BCUT2D eigenvalue weighted by atomic mass is 35.5. The predicted octanol–water partition coefficient (Wildman–Crippen LogP) is 1.72. The van der Waals surface area contributed by atoms with Crippen molar-refractivity contribution in [2.24, 2.45) is 7.05 Å². The topological polar surface area (TPSA) is 101 Å². The minimum Gasteiger partial charge on any atom is -0.279 e. The van der Waals surface area contributed by atoms with Crippen molar-refractivity contribution >= 4 is 43.0 Å². The summed E-state index contributed by atoms with van der Waals surface area (Å²) in [5.41, 5.74) is 1.11. The summed E-state index contributed by atoms with van der Waals surface area (Å²) in [6, 6.07) is 6.16. The van der Waals surface area contributed by atoms with Crippen LogP contribution in [0.25, 0.3) is 0 Å². The number of aromatic nitrogens is 2. The Bertz CT molecular complexity index is 1010. The second-order valence-corrected chi connectivity index (χ2v) is 9.71. The third kappa shape index (κ3) is 3.33. The average molecular weight is 405 g/mol. The minimum absolute atomic E-state index is 0.0183. The molecule has 1 aliphatic heterocycles. The molecule has 8 nitrogen and oxygen atoms in total. The van der Waals surface area contributed by atoms with Gasteiger partial charge in [-0.1, -0.05) is 11.6 Å². The summed E-state index contributed by atoms with van der Waals surface area (Å²) in [6.45, 7) is 1.99. The third-order valence-electron chi connectivity index (χ3n) is 3.88. The Balaban J connectivity index is 1.86. The van der Waals surface area contributed by atoms with Crippen molar-refractivity contribution in [1.29, 1.82) is 0 Å². The summed E-state index contributed by atoms with van der Waals surface area (Å²) in [5, 5.41) is 4.01. The molecule has 3 rings (SSSR count). The number of nitrogens with one attached hydrogen (secondary N) is 1. The van der Waals surface area contributed by atoms with Crippen LogP contribution in [0.5, 0.6) is 0 Å². The first-order valence-electron chi connectivity index (χ1n) is 7.44. The highest BCUT2D eigenvalue weighted by molar-refractivity contribution is 7.93. The number of sulfonamides is 2. The number of anilines is 2. The van der Waals surface area contributed by atoms with Gasteiger partial charge >= 0.3 is 0 Å². The molecule has 0 bridgehead atoms. The SMILES string of the molecule is Cc1nn(C)c(Cl)c1S(=O)(=O)Nc1ccc(N2CCCS2(=O)=O)cc1. The normalized spacial score (nSPS) is 17.0. The molecule has 0 spiro atoms. The molecule has 0 amide bonds. The molecule has 1 aromatic heterocycles. The van der Waals surface area contributed by atoms with Gasteiger partial charge in [-0.2, -0.15) is 5.10 Å². The number of hydrogen-bond donors (Lipinski definition) is 1. The van der Waals surface area contributed by atoms with Crippen LogP contribution in [0.2, 0.25) is 5.15 Å². The van der Waals surface area contributed by atoms with Crippen molar-refractivity contribution in [2.75, 3.05) is 21.3 Å². The third-order valence-corrected chi connectivity index (χ3v) is 7.82. The molecule has 0 saturated carbocycles. The fourth-order valence-corrected chi connectivity index (χ4v) is 6.12. The van der Waals surface area contributed by atoms with Gasteiger partial charge in [0, 0.05) is 19.3 Å². The van der Waals surface area contributed by atoms with Gasteiger partial charge in [0.25, 0.3) is 10.0 Å². The van der Waals surface area contributed by atoms with E-state index in [1.807, 2.05) is 0 Å². The van der Waals surface area contributed by atoms with Gasteiger partial charge in [-0.15, -0.1) is 0 Å². The van der Waals surface area contributed by atoms with Gasteiger partial charge in [0.2, 0.25) is 10.0 Å². The summed E-state index contributed by atoms with van der Waals surface area (Å²) >= 11 is 6.02. The summed E-state index contributed by atoms with van der Waals surface area (Å²) in [7, 11) is -5.62. The Morgan fingerprint density at radius 1 is 1.24 bits per heavy atom. The number of benzene rings is 1. The molecule has 0 atom stereocenters. The lowest BCUT2D eigenvalue weighted by Crippen LogP contribution is -2.25. The Hall–Kier alpha value is -1.78. The smallest absolute Gasteiger partial charge is 0.266 e. The van der Waals surface area contributed by atoms with E-state index >= 15 is 0 Å². The lowest BCUT2D eigenvalue weighted by molar-refractivity contribution is 0.598. The highest BCUT2D eigenvalue weighted by Gasteiger charge is 2.29. The zero-order valence-corrected chi connectivity index (χ0v) is 16.0. The van der Waals surface area contributed by atoms with Crippen molar-refractivity contribution in [1.82, 2.24) is 9.78 Å². The maximum Gasteiger partial charge on any atom is 0.266 e. The Labute approximate surface area is 151 Å². The van der Waals surface area contributed by atoms with E-state index in [9.17, 15) is 16.8 Å². The zero-order valence-electron chi connectivity index (χ0n) is 13.6. The fraction of sp³-hybridized carbons (Fsp3) is 0.357. The van der Waals surface area contributed by atoms with Gasteiger partial charge in [0.15, 0.2) is 0 Å². The molecule has 0 aliphatic carbocycles. The Kier molecular flexibility index (Phi) is 4.46. The van der Waals surface area contributed by atoms with Gasteiger partial charge in [0.1, 0.15) is 10.0 Å². The molecule has 136 valence electrons. The van der Waals surface area contributed by atoms with Gasteiger partial charge in [-0.05, 0) is 37.6 Å². The molecule has 25 heavy (non-hydrogen) atoms. The van der Waals surface area contributed by atoms with Gasteiger partial charge in [-0.3, -0.25) is 13.7 Å². The van der Waals surface area contributed by atoms with E-state index in [1.54, 1.807) is 26.1 Å². The molecule has 0 radical (unpaired) electrons.